The fraction of sp³-hybridized carbons (Fsp3) is 0.478. The minimum absolute atomic E-state index is 0.0732. The van der Waals surface area contributed by atoms with E-state index in [9.17, 15) is 0 Å². The molecule has 1 aromatic carbocycles. The van der Waals surface area contributed by atoms with E-state index in [1.165, 1.54) is 43.3 Å². The molecule has 0 aromatic heterocycles. The Balaban J connectivity index is 1.96. The second kappa shape index (κ2) is 7.09. The maximum Gasteiger partial charge on any atom is 0.134 e. The van der Waals surface area contributed by atoms with Crippen LogP contribution in [0.1, 0.15) is 74.6 Å². The van der Waals surface area contributed by atoms with E-state index < -0.39 is 0 Å². The van der Waals surface area contributed by atoms with Crippen LogP contribution in [0.5, 0.6) is 0 Å². The van der Waals surface area contributed by atoms with Gasteiger partial charge in [-0.15, -0.1) is 0 Å². The molecule has 2 aliphatic rings. The average Bonchev–Trinajstić information content (AvgIpc) is 2.48. The lowest BCUT2D eigenvalue weighted by atomic mass is 9.79. The molecule has 0 unspecified atom stereocenters. The van der Waals surface area contributed by atoms with Crippen LogP contribution in [0, 0.1) is 18.7 Å². The van der Waals surface area contributed by atoms with Gasteiger partial charge < -0.3 is 0 Å². The predicted octanol–water partition coefficient (Wildman–Crippen LogP) is 7.02. The van der Waals surface area contributed by atoms with Gasteiger partial charge >= 0.3 is 0 Å². The Morgan fingerprint density at radius 1 is 1.38 bits per heavy atom. The minimum Gasteiger partial charge on any atom is -0.206 e. The summed E-state index contributed by atoms with van der Waals surface area (Å²) in [5.74, 6) is 0.634. The molecule has 0 N–H and O–H groups in total. The van der Waals surface area contributed by atoms with Crippen LogP contribution in [0.15, 0.2) is 29.9 Å². The summed E-state index contributed by atoms with van der Waals surface area (Å²) in [4.78, 5) is 0. The number of rotatable bonds is 5. The molecule has 0 heterocycles. The highest BCUT2D eigenvalue weighted by Crippen LogP contribution is 2.37. The molecular weight excluding hydrogens is 295 g/mol. The zero-order valence-corrected chi connectivity index (χ0v) is 15.3. The zero-order chi connectivity index (χ0) is 17.3. The van der Waals surface area contributed by atoms with E-state index in [4.69, 9.17) is 0 Å². The predicted molar refractivity (Wildman–Crippen MR) is 102 cm³/mol. The van der Waals surface area contributed by atoms with Crippen molar-refractivity contribution in [3.63, 3.8) is 0 Å². The Labute approximate surface area is 146 Å². The number of allylic oxidation sites excluding steroid dienone is 4. The van der Waals surface area contributed by atoms with Gasteiger partial charge in [0.1, 0.15) is 5.82 Å². The molecule has 3 rings (SSSR count). The first-order valence-corrected chi connectivity index (χ1v) is 9.40. The molecule has 24 heavy (non-hydrogen) atoms. The summed E-state index contributed by atoms with van der Waals surface area (Å²) >= 11 is 0. The number of hydrogen-bond donors (Lipinski definition) is 0. The molecule has 0 bridgehead atoms. The quantitative estimate of drug-likeness (QED) is 0.545. The van der Waals surface area contributed by atoms with E-state index >= 15 is 4.39 Å². The van der Waals surface area contributed by atoms with E-state index in [-0.39, 0.29) is 5.82 Å². The second-order valence-electron chi connectivity index (χ2n) is 7.56. The van der Waals surface area contributed by atoms with Gasteiger partial charge in [-0.05, 0) is 74.1 Å². The Morgan fingerprint density at radius 3 is 2.75 bits per heavy atom. The molecule has 0 aliphatic heterocycles. The Hall–Kier alpha value is -1.63. The minimum atomic E-state index is -0.0732. The van der Waals surface area contributed by atoms with E-state index in [1.54, 1.807) is 0 Å². The fourth-order valence-electron chi connectivity index (χ4n) is 3.87. The smallest absolute Gasteiger partial charge is 0.134 e. The lowest BCUT2D eigenvalue weighted by molar-refractivity contribution is 0.370. The molecule has 0 amide bonds. The van der Waals surface area contributed by atoms with Gasteiger partial charge in [0, 0.05) is 5.56 Å². The number of fused-ring (bicyclic) bond motifs is 1. The van der Waals surface area contributed by atoms with Crippen molar-refractivity contribution in [3.8, 4) is 0 Å². The summed E-state index contributed by atoms with van der Waals surface area (Å²) in [6.07, 6.45) is 12.6. The largest absolute Gasteiger partial charge is 0.206 e. The van der Waals surface area contributed by atoms with Gasteiger partial charge in [0.15, 0.2) is 0 Å². The van der Waals surface area contributed by atoms with Crippen LogP contribution in [-0.2, 0) is 6.42 Å². The number of benzene rings is 1. The lowest BCUT2D eigenvalue weighted by Crippen LogP contribution is -2.12. The third-order valence-electron chi connectivity index (χ3n) is 5.73. The van der Waals surface area contributed by atoms with Crippen molar-refractivity contribution in [2.45, 2.75) is 65.7 Å². The maximum atomic E-state index is 15.0. The van der Waals surface area contributed by atoms with Gasteiger partial charge in [-0.1, -0.05) is 55.7 Å². The fourth-order valence-corrected chi connectivity index (χ4v) is 3.87. The third-order valence-corrected chi connectivity index (χ3v) is 5.73. The molecule has 0 saturated heterocycles. The average molecular weight is 324 g/mol. The summed E-state index contributed by atoms with van der Waals surface area (Å²) in [6, 6.07) is 2.21. The molecule has 0 spiro atoms. The molecular formula is C23H29F. The standard InChI is InChI=1S/C23H29F/c1-5-6-8-18-11-16(3)22-21(13-18)14-20(17(4)23(22)24)12-15(2)19-9-7-10-19/h11-12,14,19H,3,5-10,13H2,1-2,4H3. The van der Waals surface area contributed by atoms with Crippen molar-refractivity contribution in [2.75, 3.05) is 0 Å². The van der Waals surface area contributed by atoms with Crippen LogP contribution >= 0.6 is 0 Å². The first kappa shape index (κ1) is 17.2. The van der Waals surface area contributed by atoms with Gasteiger partial charge in [0.25, 0.3) is 0 Å². The van der Waals surface area contributed by atoms with Crippen LogP contribution in [0.4, 0.5) is 4.39 Å². The summed E-state index contributed by atoms with van der Waals surface area (Å²) in [5.41, 5.74) is 7.31. The zero-order valence-electron chi connectivity index (χ0n) is 15.3. The van der Waals surface area contributed by atoms with Gasteiger partial charge in [-0.25, -0.2) is 4.39 Å². The highest BCUT2D eigenvalue weighted by Gasteiger charge is 2.22. The monoisotopic (exact) mass is 324 g/mol. The van der Waals surface area contributed by atoms with Crippen molar-refractivity contribution in [2.24, 2.45) is 5.92 Å². The van der Waals surface area contributed by atoms with Crippen LogP contribution in [0.2, 0.25) is 0 Å². The topological polar surface area (TPSA) is 0 Å². The highest BCUT2D eigenvalue weighted by atomic mass is 19.1. The van der Waals surface area contributed by atoms with Crippen molar-refractivity contribution in [3.05, 3.63) is 57.9 Å². The Kier molecular flexibility index (Phi) is 5.08. The van der Waals surface area contributed by atoms with Crippen molar-refractivity contribution >= 4 is 11.6 Å². The maximum absolute atomic E-state index is 15.0. The lowest BCUT2D eigenvalue weighted by Gasteiger charge is -2.27. The van der Waals surface area contributed by atoms with Crippen LogP contribution < -0.4 is 0 Å². The Bertz CT molecular complexity index is 714. The first-order chi connectivity index (χ1) is 11.5. The summed E-state index contributed by atoms with van der Waals surface area (Å²) in [6.45, 7) is 10.4. The number of hydrogen-bond acceptors (Lipinski definition) is 0. The highest BCUT2D eigenvalue weighted by molar-refractivity contribution is 5.80. The molecule has 2 aliphatic carbocycles. The van der Waals surface area contributed by atoms with Crippen molar-refractivity contribution in [1.82, 2.24) is 0 Å². The molecule has 1 fully saturated rings. The molecule has 1 aromatic rings. The summed E-state index contributed by atoms with van der Waals surface area (Å²) in [5, 5.41) is 0. The third kappa shape index (κ3) is 3.27. The number of unbranched alkanes of at least 4 members (excludes halogenated alkanes) is 1. The van der Waals surface area contributed by atoms with E-state index in [0.29, 0.717) is 5.92 Å². The number of halogens is 1. The molecule has 1 heteroatoms. The molecule has 0 nitrogen and oxygen atoms in total. The molecule has 0 radical (unpaired) electrons. The van der Waals surface area contributed by atoms with Crippen molar-refractivity contribution < 1.29 is 4.39 Å². The normalized spacial score (nSPS) is 18.2. The van der Waals surface area contributed by atoms with Crippen LogP contribution in [0.3, 0.4) is 0 Å². The summed E-state index contributed by atoms with van der Waals surface area (Å²) in [7, 11) is 0. The second-order valence-corrected chi connectivity index (χ2v) is 7.56. The van der Waals surface area contributed by atoms with Crippen LogP contribution in [-0.4, -0.2) is 0 Å². The van der Waals surface area contributed by atoms with Crippen molar-refractivity contribution in [1.29, 1.82) is 0 Å². The molecule has 128 valence electrons. The van der Waals surface area contributed by atoms with Gasteiger partial charge in [-0.2, -0.15) is 0 Å². The van der Waals surface area contributed by atoms with E-state index in [1.807, 2.05) is 6.92 Å². The van der Waals surface area contributed by atoms with E-state index in [2.05, 4.69) is 38.6 Å². The summed E-state index contributed by atoms with van der Waals surface area (Å²) < 4.78 is 15.0. The van der Waals surface area contributed by atoms with E-state index in [0.717, 1.165) is 40.7 Å². The van der Waals surface area contributed by atoms with Crippen LogP contribution in [0.25, 0.3) is 11.6 Å². The Morgan fingerprint density at radius 2 is 2.12 bits per heavy atom. The van der Waals surface area contributed by atoms with Gasteiger partial charge in [0.2, 0.25) is 0 Å². The van der Waals surface area contributed by atoms with Gasteiger partial charge in [0.05, 0.1) is 0 Å². The van der Waals surface area contributed by atoms with Gasteiger partial charge in [-0.3, -0.25) is 0 Å². The SMILES string of the molecule is C=C1C=C(CCCC)Cc2cc(C=C(C)C3CCC3)c(C)c(F)c21. The molecule has 0 atom stereocenters. The first-order valence-electron chi connectivity index (χ1n) is 9.40. The molecule has 1 saturated carbocycles.